The number of aliphatic hydroxyl groups is 2. The van der Waals surface area contributed by atoms with Crippen LogP contribution in [0.1, 0.15) is 13.8 Å². The Kier molecular flexibility index (Phi) is 7.10. The molecule has 0 bridgehead atoms. The molecular formula is C17H30N2O10. The normalized spacial score (nSPS) is 43.9. The van der Waals surface area contributed by atoms with Crippen molar-refractivity contribution in [2.45, 2.75) is 74.9 Å². The first-order valence-corrected chi connectivity index (χ1v) is 9.45. The Morgan fingerprint density at radius 3 is 2.41 bits per heavy atom. The molecule has 5 unspecified atom stereocenters. The van der Waals surface area contributed by atoms with Gasteiger partial charge in [0.1, 0.15) is 43.2 Å². The van der Waals surface area contributed by atoms with Crippen LogP contribution in [0.5, 0.6) is 0 Å². The van der Waals surface area contributed by atoms with E-state index in [9.17, 15) is 15.0 Å². The smallest absolute Gasteiger partial charge is 0.331 e. The molecule has 12 nitrogen and oxygen atoms in total. The van der Waals surface area contributed by atoms with Gasteiger partial charge in [0, 0.05) is 6.54 Å². The predicted octanol–water partition coefficient (Wildman–Crippen LogP) is -2.83. The number of carbonyl (C=O) groups is 1. The molecule has 168 valence electrons. The van der Waals surface area contributed by atoms with Crippen LogP contribution in [-0.4, -0.2) is 104 Å². The number of nitrogens with two attached hydrogens (primary N) is 2. The molecule has 0 amide bonds. The average Bonchev–Trinajstić information content (AvgIpc) is 3.16. The maximum Gasteiger partial charge on any atom is 0.331 e. The zero-order chi connectivity index (χ0) is 21.3. The fourth-order valence-corrected chi connectivity index (χ4v) is 3.72. The van der Waals surface area contributed by atoms with E-state index in [2.05, 4.69) is 4.74 Å². The van der Waals surface area contributed by atoms with Gasteiger partial charge in [-0.15, -0.1) is 0 Å². The first-order valence-electron chi connectivity index (χ1n) is 9.45. The van der Waals surface area contributed by atoms with E-state index in [-0.39, 0.29) is 6.54 Å². The van der Waals surface area contributed by atoms with Gasteiger partial charge in [0.2, 0.25) is 0 Å². The summed E-state index contributed by atoms with van der Waals surface area (Å²) in [5.41, 5.74) is 11.9. The summed E-state index contributed by atoms with van der Waals surface area (Å²) >= 11 is 0. The van der Waals surface area contributed by atoms with Crippen molar-refractivity contribution in [2.75, 3.05) is 26.9 Å². The van der Waals surface area contributed by atoms with E-state index in [0.29, 0.717) is 0 Å². The molecule has 3 heterocycles. The molecule has 6 N–H and O–H groups in total. The number of methoxy groups -OCH3 is 1. The second kappa shape index (κ2) is 9.06. The van der Waals surface area contributed by atoms with Crippen LogP contribution in [0.4, 0.5) is 0 Å². The Hall–Kier alpha value is -0.930. The third-order valence-corrected chi connectivity index (χ3v) is 5.13. The Balaban J connectivity index is 1.71. The summed E-state index contributed by atoms with van der Waals surface area (Å²) < 4.78 is 39.0. The molecule has 3 fully saturated rings. The van der Waals surface area contributed by atoms with Crippen LogP contribution in [0.3, 0.4) is 0 Å². The lowest BCUT2D eigenvalue weighted by molar-refractivity contribution is -0.326. The number of hydrogen-bond donors (Lipinski definition) is 4. The van der Waals surface area contributed by atoms with Gasteiger partial charge in [-0.1, -0.05) is 0 Å². The standard InChI is InChI=1S/C17H30N2O10/c1-17(2)28-12-7(4-18)25-16(14(12)29-17)27-15-10(19)13(24-6-9(21)23-3)11(22)8(5-20)26-15/h7-8,10-16,20,22H,4-6,18-19H2,1-3H3/t7-,8?,10?,11+,12?,13-,14-,15?,16?/m1/s1. The first kappa shape index (κ1) is 22.7. The number of ether oxygens (including phenoxy) is 7. The number of carbonyl (C=O) groups excluding carboxylic acids is 1. The Bertz CT molecular complexity index is 578. The van der Waals surface area contributed by atoms with Crippen molar-refractivity contribution in [3.63, 3.8) is 0 Å². The van der Waals surface area contributed by atoms with Crippen molar-refractivity contribution in [3.05, 3.63) is 0 Å². The molecule has 0 radical (unpaired) electrons. The van der Waals surface area contributed by atoms with Crippen LogP contribution in [0.2, 0.25) is 0 Å². The van der Waals surface area contributed by atoms with Crippen LogP contribution in [-0.2, 0) is 38.0 Å². The predicted molar refractivity (Wildman–Crippen MR) is 94.1 cm³/mol. The van der Waals surface area contributed by atoms with Crippen LogP contribution >= 0.6 is 0 Å². The Labute approximate surface area is 168 Å². The Morgan fingerprint density at radius 2 is 1.79 bits per heavy atom. The van der Waals surface area contributed by atoms with E-state index in [0.717, 1.165) is 0 Å². The quantitative estimate of drug-likeness (QED) is 0.310. The van der Waals surface area contributed by atoms with E-state index < -0.39 is 80.2 Å². The lowest BCUT2D eigenvalue weighted by Crippen LogP contribution is -2.64. The molecule has 0 aliphatic carbocycles. The van der Waals surface area contributed by atoms with Crippen molar-refractivity contribution >= 4 is 5.97 Å². The van der Waals surface area contributed by atoms with Gasteiger partial charge >= 0.3 is 5.97 Å². The maximum absolute atomic E-state index is 11.4. The Morgan fingerprint density at radius 1 is 1.14 bits per heavy atom. The highest BCUT2D eigenvalue weighted by molar-refractivity contribution is 5.70. The number of esters is 1. The molecule has 0 spiro atoms. The summed E-state index contributed by atoms with van der Waals surface area (Å²) in [6, 6.07) is -0.994. The van der Waals surface area contributed by atoms with Crippen LogP contribution in [0, 0.1) is 0 Å². The fourth-order valence-electron chi connectivity index (χ4n) is 3.72. The summed E-state index contributed by atoms with van der Waals surface area (Å²) in [7, 11) is 1.21. The van der Waals surface area contributed by atoms with Gasteiger partial charge in [-0.25, -0.2) is 4.79 Å². The minimum atomic E-state index is -1.28. The highest BCUT2D eigenvalue weighted by Gasteiger charge is 2.57. The van der Waals surface area contributed by atoms with Gasteiger partial charge in [-0.2, -0.15) is 0 Å². The molecule has 9 atom stereocenters. The summed E-state index contributed by atoms with van der Waals surface area (Å²) in [6.45, 7) is 2.80. The summed E-state index contributed by atoms with van der Waals surface area (Å²) in [4.78, 5) is 11.4. The monoisotopic (exact) mass is 422 g/mol. The molecule has 0 aromatic carbocycles. The third kappa shape index (κ3) is 4.71. The molecule has 3 rings (SSSR count). The molecule has 0 aromatic rings. The molecule has 0 aromatic heterocycles. The van der Waals surface area contributed by atoms with Gasteiger partial charge in [0.05, 0.1) is 19.8 Å². The van der Waals surface area contributed by atoms with Gasteiger partial charge in [0.25, 0.3) is 0 Å². The van der Waals surface area contributed by atoms with Crippen LogP contribution in [0.15, 0.2) is 0 Å². The lowest BCUT2D eigenvalue weighted by Gasteiger charge is -2.43. The van der Waals surface area contributed by atoms with Crippen LogP contribution < -0.4 is 11.5 Å². The topological polar surface area (TPSA) is 174 Å². The second-order valence-corrected chi connectivity index (χ2v) is 7.62. The van der Waals surface area contributed by atoms with Crippen molar-refractivity contribution in [2.24, 2.45) is 11.5 Å². The van der Waals surface area contributed by atoms with Crippen LogP contribution in [0.25, 0.3) is 0 Å². The summed E-state index contributed by atoms with van der Waals surface area (Å²) in [6.07, 6.45) is -6.83. The van der Waals surface area contributed by atoms with E-state index in [4.69, 9.17) is 39.9 Å². The van der Waals surface area contributed by atoms with Gasteiger partial charge in [0.15, 0.2) is 18.4 Å². The first-order chi connectivity index (χ1) is 13.7. The number of rotatable bonds is 7. The SMILES string of the molecule is COC(=O)CO[C@@H]1C(N)C(OC2O[C@H](CN)C3OC(C)(C)O[C@@H]23)OC(CO)[C@@H]1O. The third-order valence-electron chi connectivity index (χ3n) is 5.13. The van der Waals surface area contributed by atoms with Crippen molar-refractivity contribution < 1.29 is 48.2 Å². The molecular weight excluding hydrogens is 392 g/mol. The molecule has 0 saturated carbocycles. The summed E-state index contributed by atoms with van der Waals surface area (Å²) in [5, 5.41) is 19.9. The number of aliphatic hydroxyl groups excluding tert-OH is 2. The average molecular weight is 422 g/mol. The molecule has 3 aliphatic heterocycles. The van der Waals surface area contributed by atoms with E-state index in [1.165, 1.54) is 7.11 Å². The minimum absolute atomic E-state index is 0.195. The van der Waals surface area contributed by atoms with Gasteiger partial charge < -0.3 is 54.8 Å². The summed E-state index contributed by atoms with van der Waals surface area (Å²) in [5.74, 6) is -1.47. The molecule has 12 heteroatoms. The molecule has 3 saturated heterocycles. The van der Waals surface area contributed by atoms with Gasteiger partial charge in [-0.3, -0.25) is 0 Å². The van der Waals surface area contributed by atoms with E-state index in [1.54, 1.807) is 13.8 Å². The van der Waals surface area contributed by atoms with Crippen molar-refractivity contribution in [3.8, 4) is 0 Å². The van der Waals surface area contributed by atoms with Gasteiger partial charge in [-0.05, 0) is 13.8 Å². The largest absolute Gasteiger partial charge is 0.467 e. The lowest BCUT2D eigenvalue weighted by atomic mass is 9.97. The zero-order valence-electron chi connectivity index (χ0n) is 16.6. The molecule has 3 aliphatic rings. The second-order valence-electron chi connectivity index (χ2n) is 7.62. The van der Waals surface area contributed by atoms with Crippen molar-refractivity contribution in [1.82, 2.24) is 0 Å². The minimum Gasteiger partial charge on any atom is -0.467 e. The highest BCUT2D eigenvalue weighted by atomic mass is 16.8. The van der Waals surface area contributed by atoms with E-state index in [1.807, 2.05) is 0 Å². The zero-order valence-corrected chi connectivity index (χ0v) is 16.6. The highest BCUT2D eigenvalue weighted by Crippen LogP contribution is 2.40. The number of hydrogen-bond acceptors (Lipinski definition) is 12. The number of fused-ring (bicyclic) bond motifs is 1. The molecule has 29 heavy (non-hydrogen) atoms. The fraction of sp³-hybridized carbons (Fsp3) is 0.941. The van der Waals surface area contributed by atoms with E-state index >= 15 is 0 Å². The van der Waals surface area contributed by atoms with Crippen molar-refractivity contribution in [1.29, 1.82) is 0 Å². The maximum atomic E-state index is 11.4.